The summed E-state index contributed by atoms with van der Waals surface area (Å²) in [6, 6.07) is 15.7. The van der Waals surface area contributed by atoms with Crippen LogP contribution >= 0.6 is 0 Å². The second-order valence-corrected chi connectivity index (χ2v) is 9.13. The Labute approximate surface area is 182 Å². The molecule has 1 saturated carbocycles. The second kappa shape index (κ2) is 7.52. The van der Waals surface area contributed by atoms with Crippen LogP contribution in [0.25, 0.3) is 10.9 Å². The molecule has 3 fully saturated rings. The average Bonchev–Trinajstić information content (AvgIpc) is 3.05. The van der Waals surface area contributed by atoms with E-state index in [9.17, 15) is 4.79 Å². The Balaban J connectivity index is 1.08. The number of likely N-dealkylation sites (tertiary alicyclic amines) is 1. The van der Waals surface area contributed by atoms with E-state index in [0.29, 0.717) is 24.0 Å². The molecule has 3 aromatic rings. The number of nitrogens with one attached hydrogen (secondary N) is 1. The molecule has 1 unspecified atom stereocenters. The van der Waals surface area contributed by atoms with Crippen molar-refractivity contribution in [3.8, 4) is 0 Å². The van der Waals surface area contributed by atoms with Crippen LogP contribution in [0.3, 0.4) is 0 Å². The lowest BCUT2D eigenvalue weighted by atomic mass is 9.79. The van der Waals surface area contributed by atoms with Crippen molar-refractivity contribution in [3.05, 3.63) is 61.1 Å². The van der Waals surface area contributed by atoms with E-state index in [4.69, 9.17) is 0 Å². The summed E-state index contributed by atoms with van der Waals surface area (Å²) in [5.41, 5.74) is 3.36. The maximum atomic E-state index is 13.2. The van der Waals surface area contributed by atoms with E-state index in [-0.39, 0.29) is 5.92 Å². The molecule has 6 nitrogen and oxygen atoms in total. The molecule has 158 valence electrons. The third kappa shape index (κ3) is 3.30. The molecule has 3 aliphatic rings. The van der Waals surface area contributed by atoms with Gasteiger partial charge in [-0.3, -0.25) is 14.8 Å². The van der Waals surface area contributed by atoms with Gasteiger partial charge in [0, 0.05) is 72.5 Å². The van der Waals surface area contributed by atoms with Crippen LogP contribution in [-0.4, -0.2) is 52.0 Å². The molecule has 4 heterocycles. The summed E-state index contributed by atoms with van der Waals surface area (Å²) in [5, 5.41) is 4.78. The fourth-order valence-corrected chi connectivity index (χ4v) is 5.67. The molecule has 1 N–H and O–H groups in total. The maximum Gasteiger partial charge on any atom is 0.225 e. The Bertz CT molecular complexity index is 1080. The molecular formula is C25H27N5O. The van der Waals surface area contributed by atoms with Crippen molar-refractivity contribution >= 4 is 28.2 Å². The molecule has 2 saturated heterocycles. The molecule has 0 radical (unpaired) electrons. The van der Waals surface area contributed by atoms with E-state index in [1.165, 1.54) is 18.5 Å². The fraction of sp³-hybridized carbons (Fsp3) is 0.400. The summed E-state index contributed by atoms with van der Waals surface area (Å²) in [4.78, 5) is 26.5. The van der Waals surface area contributed by atoms with Crippen molar-refractivity contribution in [2.24, 2.45) is 5.92 Å². The third-order valence-corrected chi connectivity index (χ3v) is 7.25. The topological polar surface area (TPSA) is 61.4 Å². The first-order valence-corrected chi connectivity index (χ1v) is 11.3. The van der Waals surface area contributed by atoms with Crippen LogP contribution in [0.15, 0.2) is 61.1 Å². The van der Waals surface area contributed by atoms with E-state index < -0.39 is 0 Å². The first kappa shape index (κ1) is 18.6. The molecule has 31 heavy (non-hydrogen) atoms. The summed E-state index contributed by atoms with van der Waals surface area (Å²) in [7, 11) is 0. The number of anilines is 2. The van der Waals surface area contributed by atoms with Gasteiger partial charge in [-0.05, 0) is 62.1 Å². The molecule has 1 aliphatic carbocycles. The SMILES string of the molecule is O=C(C1CC(Nc2cccc3ncccc23)C1)N1CC2CC[C@H](C1)N2c1ccncc1. The molecule has 2 aliphatic heterocycles. The van der Waals surface area contributed by atoms with Crippen LogP contribution in [-0.2, 0) is 4.79 Å². The summed E-state index contributed by atoms with van der Waals surface area (Å²) in [6.07, 6.45) is 9.71. The van der Waals surface area contributed by atoms with Crippen LogP contribution in [0.4, 0.5) is 11.4 Å². The number of piperazine rings is 1. The Morgan fingerprint density at radius 2 is 1.71 bits per heavy atom. The zero-order valence-electron chi connectivity index (χ0n) is 17.5. The number of fused-ring (bicyclic) bond motifs is 3. The smallest absolute Gasteiger partial charge is 0.225 e. The highest BCUT2D eigenvalue weighted by Crippen LogP contribution is 2.38. The highest BCUT2D eigenvalue weighted by molar-refractivity contribution is 5.91. The van der Waals surface area contributed by atoms with Gasteiger partial charge in [0.25, 0.3) is 0 Å². The minimum atomic E-state index is 0.150. The van der Waals surface area contributed by atoms with E-state index in [1.807, 2.05) is 36.8 Å². The number of benzene rings is 1. The number of carbonyl (C=O) groups is 1. The largest absolute Gasteiger partial charge is 0.382 e. The summed E-state index contributed by atoms with van der Waals surface area (Å²) in [6.45, 7) is 1.70. The zero-order chi connectivity index (χ0) is 20.8. The van der Waals surface area contributed by atoms with E-state index >= 15 is 0 Å². The van der Waals surface area contributed by atoms with Crippen LogP contribution < -0.4 is 10.2 Å². The van der Waals surface area contributed by atoms with E-state index in [2.05, 4.69) is 49.4 Å². The quantitative estimate of drug-likeness (QED) is 0.707. The third-order valence-electron chi connectivity index (χ3n) is 7.25. The molecule has 2 aromatic heterocycles. The number of hydrogen-bond donors (Lipinski definition) is 1. The molecule has 1 aromatic carbocycles. The monoisotopic (exact) mass is 413 g/mol. The number of nitrogens with zero attached hydrogens (tertiary/aromatic N) is 4. The van der Waals surface area contributed by atoms with Gasteiger partial charge in [-0.15, -0.1) is 0 Å². The Kier molecular flexibility index (Phi) is 4.51. The first-order valence-electron chi connectivity index (χ1n) is 11.3. The van der Waals surface area contributed by atoms with Gasteiger partial charge in [0.2, 0.25) is 5.91 Å². The number of hydrogen-bond acceptors (Lipinski definition) is 5. The van der Waals surface area contributed by atoms with E-state index in [1.54, 1.807) is 0 Å². The second-order valence-electron chi connectivity index (χ2n) is 9.13. The van der Waals surface area contributed by atoms with Crippen LogP contribution in [0, 0.1) is 5.92 Å². The lowest BCUT2D eigenvalue weighted by Crippen LogP contribution is -2.58. The summed E-state index contributed by atoms with van der Waals surface area (Å²) < 4.78 is 0. The van der Waals surface area contributed by atoms with Gasteiger partial charge in [-0.2, -0.15) is 0 Å². The van der Waals surface area contributed by atoms with Crippen molar-refractivity contribution in [2.45, 2.75) is 43.8 Å². The van der Waals surface area contributed by atoms with Gasteiger partial charge in [0.1, 0.15) is 0 Å². The number of carbonyl (C=O) groups excluding carboxylic acids is 1. The lowest BCUT2D eigenvalue weighted by Gasteiger charge is -2.45. The Morgan fingerprint density at radius 3 is 2.48 bits per heavy atom. The number of aromatic nitrogens is 2. The van der Waals surface area contributed by atoms with Gasteiger partial charge in [0.05, 0.1) is 5.52 Å². The van der Waals surface area contributed by atoms with Gasteiger partial charge in [-0.25, -0.2) is 0 Å². The van der Waals surface area contributed by atoms with Crippen molar-refractivity contribution in [1.29, 1.82) is 0 Å². The van der Waals surface area contributed by atoms with Crippen molar-refractivity contribution in [2.75, 3.05) is 23.3 Å². The molecular weight excluding hydrogens is 386 g/mol. The Morgan fingerprint density at radius 1 is 0.935 bits per heavy atom. The normalized spacial score (nSPS) is 27.2. The van der Waals surface area contributed by atoms with E-state index in [0.717, 1.165) is 42.5 Å². The summed E-state index contributed by atoms with van der Waals surface area (Å²) in [5.74, 6) is 0.501. The predicted molar refractivity (Wildman–Crippen MR) is 122 cm³/mol. The first-order chi connectivity index (χ1) is 15.3. The highest BCUT2D eigenvalue weighted by atomic mass is 16.2. The van der Waals surface area contributed by atoms with Gasteiger partial charge in [0.15, 0.2) is 0 Å². The standard InChI is InChI=1S/C25H27N5O/c31-25(29-15-20-6-7-21(16-29)30(20)19-8-11-26-12-9-19)17-13-18(14-17)28-24-5-1-4-23-22(24)3-2-10-27-23/h1-5,8-12,17-18,20-21,28H,6-7,13-16H2/t17?,18?,20-,21?/m1/s1. The van der Waals surface area contributed by atoms with Crippen LogP contribution in [0.2, 0.25) is 0 Å². The minimum Gasteiger partial charge on any atom is -0.382 e. The highest BCUT2D eigenvalue weighted by Gasteiger charge is 2.44. The lowest BCUT2D eigenvalue weighted by molar-refractivity contribution is -0.139. The average molecular weight is 414 g/mol. The number of amides is 1. The maximum absolute atomic E-state index is 13.2. The Hall–Kier alpha value is -3.15. The minimum absolute atomic E-state index is 0.150. The molecule has 6 rings (SSSR count). The molecule has 2 bridgehead atoms. The molecule has 0 spiro atoms. The molecule has 6 heteroatoms. The fourth-order valence-electron chi connectivity index (χ4n) is 5.67. The van der Waals surface area contributed by atoms with Crippen molar-refractivity contribution in [1.82, 2.24) is 14.9 Å². The van der Waals surface area contributed by atoms with Gasteiger partial charge < -0.3 is 15.1 Å². The van der Waals surface area contributed by atoms with Crippen LogP contribution in [0.5, 0.6) is 0 Å². The number of rotatable bonds is 4. The molecule has 1 amide bonds. The van der Waals surface area contributed by atoms with Gasteiger partial charge >= 0.3 is 0 Å². The predicted octanol–water partition coefficient (Wildman–Crippen LogP) is 3.70. The van der Waals surface area contributed by atoms with Crippen molar-refractivity contribution in [3.63, 3.8) is 0 Å². The molecule has 2 atom stereocenters. The number of pyridine rings is 2. The van der Waals surface area contributed by atoms with Crippen molar-refractivity contribution < 1.29 is 4.79 Å². The zero-order valence-corrected chi connectivity index (χ0v) is 17.5. The van der Waals surface area contributed by atoms with Gasteiger partial charge in [-0.1, -0.05) is 6.07 Å². The van der Waals surface area contributed by atoms with Crippen LogP contribution in [0.1, 0.15) is 25.7 Å². The summed E-state index contributed by atoms with van der Waals surface area (Å²) >= 11 is 0.